The molecular formula is C11H13N3O2. The number of benzene rings is 1. The van der Waals surface area contributed by atoms with E-state index in [0.717, 1.165) is 10.2 Å². The molecule has 0 amide bonds. The summed E-state index contributed by atoms with van der Waals surface area (Å²) in [6.07, 6.45) is 0.598. The molecule has 0 aliphatic carbocycles. The van der Waals surface area contributed by atoms with Gasteiger partial charge in [0.15, 0.2) is 0 Å². The minimum atomic E-state index is -0.487. The SMILES string of the molecule is Cn1nc([C@@H](N)Cc2ccccc2)oc1=O. The highest BCUT2D eigenvalue weighted by Gasteiger charge is 2.14. The molecule has 5 heteroatoms. The van der Waals surface area contributed by atoms with E-state index in [1.807, 2.05) is 30.3 Å². The van der Waals surface area contributed by atoms with Crippen molar-refractivity contribution >= 4 is 0 Å². The minimum absolute atomic E-state index is 0.274. The molecule has 0 radical (unpaired) electrons. The molecule has 5 nitrogen and oxygen atoms in total. The van der Waals surface area contributed by atoms with Crippen LogP contribution in [0.15, 0.2) is 39.5 Å². The van der Waals surface area contributed by atoms with E-state index in [0.29, 0.717) is 6.42 Å². The maximum absolute atomic E-state index is 11.1. The molecule has 0 spiro atoms. The van der Waals surface area contributed by atoms with Crippen LogP contribution in [0.3, 0.4) is 0 Å². The Labute approximate surface area is 92.5 Å². The number of aromatic nitrogens is 2. The van der Waals surface area contributed by atoms with Gasteiger partial charge in [-0.25, -0.2) is 4.79 Å². The van der Waals surface area contributed by atoms with Gasteiger partial charge in [-0.3, -0.25) is 0 Å². The number of nitrogens with zero attached hydrogens (tertiary/aromatic N) is 2. The van der Waals surface area contributed by atoms with Crippen molar-refractivity contribution in [1.29, 1.82) is 0 Å². The molecule has 2 rings (SSSR count). The second kappa shape index (κ2) is 4.32. The number of aryl methyl sites for hydroxylation is 1. The van der Waals surface area contributed by atoms with Gasteiger partial charge in [-0.2, -0.15) is 4.68 Å². The van der Waals surface area contributed by atoms with Crippen LogP contribution in [0.2, 0.25) is 0 Å². The smallest absolute Gasteiger partial charge is 0.391 e. The largest absolute Gasteiger partial charge is 0.436 e. The zero-order chi connectivity index (χ0) is 11.5. The summed E-state index contributed by atoms with van der Waals surface area (Å²) in [5, 5.41) is 3.92. The second-order valence-electron chi connectivity index (χ2n) is 3.63. The van der Waals surface area contributed by atoms with Crippen molar-refractivity contribution in [2.75, 3.05) is 0 Å². The molecule has 0 saturated heterocycles. The molecule has 0 saturated carbocycles. The predicted molar refractivity (Wildman–Crippen MR) is 58.8 cm³/mol. The number of hydrogen-bond donors (Lipinski definition) is 1. The highest BCUT2D eigenvalue weighted by Crippen LogP contribution is 2.12. The first-order chi connectivity index (χ1) is 7.66. The van der Waals surface area contributed by atoms with Gasteiger partial charge >= 0.3 is 5.76 Å². The van der Waals surface area contributed by atoms with Crippen LogP contribution >= 0.6 is 0 Å². The first-order valence-electron chi connectivity index (χ1n) is 5.00. The fourth-order valence-corrected chi connectivity index (χ4v) is 1.47. The number of nitrogens with two attached hydrogens (primary N) is 1. The standard InChI is InChI=1S/C11H13N3O2/c1-14-11(15)16-10(13-14)9(12)7-8-5-3-2-4-6-8/h2-6,9H,7,12H2,1H3/t9-/m0/s1. The minimum Gasteiger partial charge on any atom is -0.391 e. The Hall–Kier alpha value is -1.88. The van der Waals surface area contributed by atoms with Crippen LogP contribution in [0.4, 0.5) is 0 Å². The van der Waals surface area contributed by atoms with E-state index < -0.39 is 11.8 Å². The summed E-state index contributed by atoms with van der Waals surface area (Å²) in [5.74, 6) is -0.213. The third-order valence-corrected chi connectivity index (χ3v) is 2.32. The molecular weight excluding hydrogens is 206 g/mol. The Morgan fingerprint density at radius 1 is 1.44 bits per heavy atom. The van der Waals surface area contributed by atoms with Gasteiger partial charge in [0.25, 0.3) is 0 Å². The molecule has 0 unspecified atom stereocenters. The average Bonchev–Trinajstić information content (AvgIpc) is 2.61. The van der Waals surface area contributed by atoms with Crippen LogP contribution in [-0.4, -0.2) is 9.78 Å². The van der Waals surface area contributed by atoms with Crippen molar-refractivity contribution in [3.8, 4) is 0 Å². The van der Waals surface area contributed by atoms with Crippen LogP contribution in [-0.2, 0) is 13.5 Å². The van der Waals surface area contributed by atoms with Gasteiger partial charge in [0, 0.05) is 7.05 Å². The summed E-state index contributed by atoms with van der Waals surface area (Å²) in [6.45, 7) is 0. The average molecular weight is 219 g/mol. The van der Waals surface area contributed by atoms with E-state index in [1.54, 1.807) is 0 Å². The number of rotatable bonds is 3. The Kier molecular flexibility index (Phi) is 2.87. The maximum Gasteiger partial charge on any atom is 0.436 e. The van der Waals surface area contributed by atoms with Crippen LogP contribution in [0.25, 0.3) is 0 Å². The summed E-state index contributed by atoms with van der Waals surface area (Å²) < 4.78 is 6.06. The van der Waals surface area contributed by atoms with Crippen molar-refractivity contribution < 1.29 is 4.42 Å². The van der Waals surface area contributed by atoms with Crippen molar-refractivity contribution in [2.45, 2.75) is 12.5 Å². The van der Waals surface area contributed by atoms with E-state index in [2.05, 4.69) is 5.10 Å². The normalized spacial score (nSPS) is 12.6. The van der Waals surface area contributed by atoms with Crippen molar-refractivity contribution in [1.82, 2.24) is 9.78 Å². The second-order valence-corrected chi connectivity index (χ2v) is 3.63. The summed E-state index contributed by atoms with van der Waals surface area (Å²) in [7, 11) is 1.53. The molecule has 1 aromatic heterocycles. The Morgan fingerprint density at radius 2 is 2.12 bits per heavy atom. The lowest BCUT2D eigenvalue weighted by atomic mass is 10.1. The molecule has 1 aromatic carbocycles. The van der Waals surface area contributed by atoms with Crippen LogP contribution in [0.5, 0.6) is 0 Å². The summed E-state index contributed by atoms with van der Waals surface area (Å²) in [6, 6.07) is 9.38. The fourth-order valence-electron chi connectivity index (χ4n) is 1.47. The molecule has 2 aromatic rings. The summed E-state index contributed by atoms with van der Waals surface area (Å²) in [5.41, 5.74) is 6.99. The van der Waals surface area contributed by atoms with E-state index >= 15 is 0 Å². The summed E-state index contributed by atoms with van der Waals surface area (Å²) in [4.78, 5) is 11.1. The lowest BCUT2D eigenvalue weighted by Gasteiger charge is -2.06. The molecule has 1 atom stereocenters. The van der Waals surface area contributed by atoms with E-state index in [-0.39, 0.29) is 5.89 Å². The number of hydrogen-bond acceptors (Lipinski definition) is 4. The summed E-state index contributed by atoms with van der Waals surface area (Å²) >= 11 is 0. The van der Waals surface area contributed by atoms with Gasteiger partial charge in [-0.05, 0) is 12.0 Å². The Balaban J connectivity index is 2.14. The van der Waals surface area contributed by atoms with Crippen molar-refractivity contribution in [3.63, 3.8) is 0 Å². The molecule has 0 fully saturated rings. The van der Waals surface area contributed by atoms with E-state index in [9.17, 15) is 4.79 Å². The van der Waals surface area contributed by atoms with Crippen LogP contribution < -0.4 is 11.5 Å². The maximum atomic E-state index is 11.1. The Bertz CT molecular complexity index is 516. The van der Waals surface area contributed by atoms with Crippen LogP contribution in [0, 0.1) is 0 Å². The lowest BCUT2D eigenvalue weighted by Crippen LogP contribution is -2.14. The first-order valence-corrected chi connectivity index (χ1v) is 5.00. The Morgan fingerprint density at radius 3 is 2.69 bits per heavy atom. The van der Waals surface area contributed by atoms with Gasteiger partial charge in [0.05, 0.1) is 6.04 Å². The monoisotopic (exact) mass is 219 g/mol. The third kappa shape index (κ3) is 2.20. The highest BCUT2D eigenvalue weighted by atomic mass is 16.4. The van der Waals surface area contributed by atoms with E-state index in [4.69, 9.17) is 10.2 Å². The van der Waals surface area contributed by atoms with Gasteiger partial charge in [0.1, 0.15) is 0 Å². The van der Waals surface area contributed by atoms with Gasteiger partial charge in [0.2, 0.25) is 5.89 Å². The molecule has 0 aliphatic heterocycles. The molecule has 0 bridgehead atoms. The fraction of sp³-hybridized carbons (Fsp3) is 0.273. The lowest BCUT2D eigenvalue weighted by molar-refractivity contribution is 0.420. The zero-order valence-electron chi connectivity index (χ0n) is 8.96. The highest BCUT2D eigenvalue weighted by molar-refractivity contribution is 5.16. The molecule has 84 valence electrons. The van der Waals surface area contributed by atoms with Gasteiger partial charge in [-0.1, -0.05) is 30.3 Å². The van der Waals surface area contributed by atoms with Crippen molar-refractivity contribution in [3.05, 3.63) is 52.3 Å². The zero-order valence-corrected chi connectivity index (χ0v) is 8.96. The first kappa shape index (κ1) is 10.6. The quantitative estimate of drug-likeness (QED) is 0.821. The molecule has 2 N–H and O–H groups in total. The van der Waals surface area contributed by atoms with Crippen molar-refractivity contribution in [2.24, 2.45) is 12.8 Å². The van der Waals surface area contributed by atoms with E-state index in [1.165, 1.54) is 7.05 Å². The molecule has 0 aliphatic rings. The van der Waals surface area contributed by atoms with Gasteiger partial charge in [-0.15, -0.1) is 5.10 Å². The topological polar surface area (TPSA) is 74.1 Å². The molecule has 1 heterocycles. The molecule has 16 heavy (non-hydrogen) atoms. The third-order valence-electron chi connectivity index (χ3n) is 2.32. The predicted octanol–water partition coefficient (Wildman–Crippen LogP) is 0.616. The van der Waals surface area contributed by atoms with Gasteiger partial charge < -0.3 is 10.2 Å². The van der Waals surface area contributed by atoms with Crippen LogP contribution in [0.1, 0.15) is 17.5 Å².